The van der Waals surface area contributed by atoms with E-state index in [0.29, 0.717) is 11.3 Å². The Labute approximate surface area is 226 Å². The Hall–Kier alpha value is -3.93. The molecule has 3 rings (SSSR count). The zero-order valence-corrected chi connectivity index (χ0v) is 23.3. The van der Waals surface area contributed by atoms with Crippen LogP contribution < -0.4 is 5.32 Å². The average molecular weight is 515 g/mol. The summed E-state index contributed by atoms with van der Waals surface area (Å²) in [6.07, 6.45) is -0.646. The smallest absolute Gasteiger partial charge is 0.408 e. The van der Waals surface area contributed by atoms with Gasteiger partial charge in [-0.15, -0.1) is 0 Å². The highest BCUT2D eigenvalue weighted by Gasteiger charge is 2.36. The van der Waals surface area contributed by atoms with Crippen LogP contribution >= 0.6 is 0 Å². The van der Waals surface area contributed by atoms with Crippen LogP contribution in [-0.4, -0.2) is 35.0 Å². The molecule has 6 nitrogen and oxygen atoms in total. The van der Waals surface area contributed by atoms with Gasteiger partial charge in [-0.05, 0) is 54.0 Å². The number of benzene rings is 3. The topological polar surface area (TPSA) is 77.0 Å². The molecule has 0 unspecified atom stereocenters. The third-order valence-electron chi connectivity index (χ3n) is 5.44. The van der Waals surface area contributed by atoms with Gasteiger partial charge in [0, 0.05) is 11.1 Å². The standard InChI is InChI=1S/C32H38N2O4/c1-22-18-20-25(21-19-22)27(34-30(36)38-32(5,6)7)28(29(35)37-31(2,3)4)33-26(23-14-10-8-11-15-23)24-16-12-9-13-17-24/h8-21,27-28H,1-7H3,(H,34,36)/t27-,28+/m1/s1. The van der Waals surface area contributed by atoms with Gasteiger partial charge in [0.2, 0.25) is 0 Å². The van der Waals surface area contributed by atoms with E-state index < -0.39 is 35.3 Å². The van der Waals surface area contributed by atoms with Crippen molar-refractivity contribution < 1.29 is 19.1 Å². The molecule has 3 aromatic carbocycles. The van der Waals surface area contributed by atoms with Crippen molar-refractivity contribution in [2.45, 2.75) is 71.8 Å². The predicted octanol–water partition coefficient (Wildman–Crippen LogP) is 6.81. The lowest BCUT2D eigenvalue weighted by molar-refractivity contribution is -0.157. The Kier molecular flexibility index (Phi) is 9.10. The summed E-state index contributed by atoms with van der Waals surface area (Å²) in [6.45, 7) is 12.8. The quantitative estimate of drug-likeness (QED) is 0.278. The molecule has 0 saturated heterocycles. The van der Waals surface area contributed by atoms with Gasteiger partial charge >= 0.3 is 12.1 Å². The number of hydrogen-bond acceptors (Lipinski definition) is 5. The molecule has 0 aliphatic carbocycles. The van der Waals surface area contributed by atoms with Crippen LogP contribution in [-0.2, 0) is 14.3 Å². The highest BCUT2D eigenvalue weighted by atomic mass is 16.6. The minimum atomic E-state index is -1.10. The van der Waals surface area contributed by atoms with Crippen molar-refractivity contribution in [3.63, 3.8) is 0 Å². The summed E-state index contributed by atoms with van der Waals surface area (Å²) in [5.74, 6) is -0.552. The number of nitrogens with zero attached hydrogens (tertiary/aromatic N) is 1. The molecule has 0 aliphatic heterocycles. The highest BCUT2D eigenvalue weighted by molar-refractivity contribution is 6.13. The Morgan fingerprint density at radius 2 is 1.18 bits per heavy atom. The molecule has 0 saturated carbocycles. The monoisotopic (exact) mass is 514 g/mol. The Bertz CT molecular complexity index is 1200. The summed E-state index contributed by atoms with van der Waals surface area (Å²) < 4.78 is 11.4. The van der Waals surface area contributed by atoms with Crippen LogP contribution in [0.1, 0.15) is 69.8 Å². The van der Waals surface area contributed by atoms with E-state index in [9.17, 15) is 9.59 Å². The zero-order chi connectivity index (χ0) is 27.9. The summed E-state index contributed by atoms with van der Waals surface area (Å²) in [7, 11) is 0. The average Bonchev–Trinajstić information content (AvgIpc) is 2.83. The maximum atomic E-state index is 13.8. The van der Waals surface area contributed by atoms with Gasteiger partial charge in [-0.3, -0.25) is 4.99 Å². The Morgan fingerprint density at radius 1 is 0.711 bits per heavy atom. The molecule has 3 aromatic rings. The van der Waals surface area contributed by atoms with Crippen LogP contribution in [0.2, 0.25) is 0 Å². The van der Waals surface area contributed by atoms with Crippen LogP contribution in [0.3, 0.4) is 0 Å². The Morgan fingerprint density at radius 3 is 1.63 bits per heavy atom. The highest BCUT2D eigenvalue weighted by Crippen LogP contribution is 2.26. The largest absolute Gasteiger partial charge is 0.458 e. The third kappa shape index (κ3) is 8.58. The molecule has 1 amide bonds. The first-order valence-corrected chi connectivity index (χ1v) is 12.8. The van der Waals surface area contributed by atoms with Gasteiger partial charge < -0.3 is 14.8 Å². The number of amides is 1. The van der Waals surface area contributed by atoms with Gasteiger partial charge in [0.15, 0.2) is 6.04 Å². The molecule has 0 heterocycles. The lowest BCUT2D eigenvalue weighted by Gasteiger charge is -2.30. The fourth-order valence-corrected chi connectivity index (χ4v) is 3.83. The van der Waals surface area contributed by atoms with Crippen LogP contribution in [0.4, 0.5) is 4.79 Å². The first kappa shape index (κ1) is 28.6. The second-order valence-corrected chi connectivity index (χ2v) is 11.2. The molecule has 0 bridgehead atoms. The number of aryl methyl sites for hydroxylation is 1. The first-order chi connectivity index (χ1) is 17.8. The molecule has 0 aliphatic rings. The SMILES string of the molecule is Cc1ccc([C@@H](NC(=O)OC(C)(C)C)[C@H](N=C(c2ccccc2)c2ccccc2)C(=O)OC(C)(C)C)cc1. The zero-order valence-electron chi connectivity index (χ0n) is 23.3. The van der Waals surface area contributed by atoms with Crippen molar-refractivity contribution in [2.24, 2.45) is 4.99 Å². The van der Waals surface area contributed by atoms with Crippen molar-refractivity contribution in [3.8, 4) is 0 Å². The second kappa shape index (κ2) is 12.1. The first-order valence-electron chi connectivity index (χ1n) is 12.8. The van der Waals surface area contributed by atoms with E-state index in [2.05, 4.69) is 5.32 Å². The van der Waals surface area contributed by atoms with Crippen LogP contribution in [0.5, 0.6) is 0 Å². The molecule has 0 fully saturated rings. The van der Waals surface area contributed by atoms with Gasteiger partial charge in [-0.2, -0.15) is 0 Å². The molecule has 1 N–H and O–H groups in total. The summed E-state index contributed by atoms with van der Waals surface area (Å²) >= 11 is 0. The Balaban J connectivity index is 2.21. The molecule has 6 heteroatoms. The normalized spacial score (nSPS) is 13.1. The number of carbonyl (C=O) groups excluding carboxylic acids is 2. The van der Waals surface area contributed by atoms with Crippen LogP contribution in [0.15, 0.2) is 89.9 Å². The summed E-state index contributed by atoms with van der Waals surface area (Å²) in [5.41, 5.74) is 2.59. The van der Waals surface area contributed by atoms with Gasteiger partial charge in [0.25, 0.3) is 0 Å². The second-order valence-electron chi connectivity index (χ2n) is 11.2. The lowest BCUT2D eigenvalue weighted by Crippen LogP contribution is -2.44. The summed E-state index contributed by atoms with van der Waals surface area (Å²) in [4.78, 5) is 31.8. The molecule has 200 valence electrons. The van der Waals surface area contributed by atoms with Crippen molar-refractivity contribution in [1.29, 1.82) is 0 Å². The maximum absolute atomic E-state index is 13.8. The van der Waals surface area contributed by atoms with E-state index in [1.807, 2.05) is 113 Å². The number of rotatable bonds is 7. The summed E-state index contributed by atoms with van der Waals surface area (Å²) in [5, 5.41) is 2.92. The minimum absolute atomic E-state index is 0.552. The van der Waals surface area contributed by atoms with Gasteiger partial charge in [-0.1, -0.05) is 90.5 Å². The predicted molar refractivity (Wildman–Crippen MR) is 151 cm³/mol. The molecule has 38 heavy (non-hydrogen) atoms. The maximum Gasteiger partial charge on any atom is 0.408 e. The lowest BCUT2D eigenvalue weighted by atomic mass is 9.96. The number of carbonyl (C=O) groups is 2. The number of esters is 1. The number of hydrogen-bond donors (Lipinski definition) is 1. The fourth-order valence-electron chi connectivity index (χ4n) is 3.83. The van der Waals surface area contributed by atoms with E-state index in [-0.39, 0.29) is 0 Å². The third-order valence-corrected chi connectivity index (χ3v) is 5.44. The van der Waals surface area contributed by atoms with Gasteiger partial charge in [0.05, 0.1) is 11.8 Å². The van der Waals surface area contributed by atoms with Crippen molar-refractivity contribution in [3.05, 3.63) is 107 Å². The van der Waals surface area contributed by atoms with E-state index >= 15 is 0 Å². The van der Waals surface area contributed by atoms with E-state index in [1.165, 1.54) is 0 Å². The van der Waals surface area contributed by atoms with Crippen molar-refractivity contribution >= 4 is 17.8 Å². The van der Waals surface area contributed by atoms with Crippen LogP contribution in [0, 0.1) is 6.92 Å². The van der Waals surface area contributed by atoms with E-state index in [4.69, 9.17) is 14.5 Å². The molecular weight excluding hydrogens is 476 g/mol. The number of ether oxygens (including phenoxy) is 2. The van der Waals surface area contributed by atoms with Gasteiger partial charge in [-0.25, -0.2) is 9.59 Å². The molecule has 0 radical (unpaired) electrons. The molecule has 2 atom stereocenters. The molecule has 0 aromatic heterocycles. The van der Waals surface area contributed by atoms with E-state index in [1.54, 1.807) is 20.8 Å². The number of aliphatic imine (C=N–C) groups is 1. The van der Waals surface area contributed by atoms with Crippen molar-refractivity contribution in [1.82, 2.24) is 5.32 Å². The number of nitrogens with one attached hydrogen (secondary N) is 1. The number of alkyl carbamates (subject to hydrolysis) is 1. The fraction of sp³-hybridized carbons (Fsp3) is 0.344. The van der Waals surface area contributed by atoms with Crippen LogP contribution in [0.25, 0.3) is 0 Å². The molecule has 0 spiro atoms. The van der Waals surface area contributed by atoms with Gasteiger partial charge in [0.1, 0.15) is 11.2 Å². The van der Waals surface area contributed by atoms with Crippen molar-refractivity contribution in [2.75, 3.05) is 0 Å². The van der Waals surface area contributed by atoms with E-state index in [0.717, 1.165) is 16.7 Å². The minimum Gasteiger partial charge on any atom is -0.458 e. The summed E-state index contributed by atoms with van der Waals surface area (Å²) in [6, 6.07) is 25.0. The molecular formula is C32H38N2O4.